The van der Waals surface area contributed by atoms with Gasteiger partial charge < -0.3 is 5.11 Å². The van der Waals surface area contributed by atoms with Crippen molar-refractivity contribution in [3.63, 3.8) is 0 Å². The molecular weight excluding hydrogens is 174 g/mol. The van der Waals surface area contributed by atoms with Crippen molar-refractivity contribution in [2.24, 2.45) is 0 Å². The number of carboxylic acids is 1. The lowest BCUT2D eigenvalue weighted by atomic mass is 10.2. The van der Waals surface area contributed by atoms with Crippen LogP contribution in [0.2, 0.25) is 0 Å². The summed E-state index contributed by atoms with van der Waals surface area (Å²) >= 11 is 0. The number of carbonyl (C=O) groups is 1. The minimum absolute atomic E-state index is 0.0690. The average Bonchev–Trinajstić information content (AvgIpc) is 2.28. The van der Waals surface area contributed by atoms with Gasteiger partial charge in [0.2, 0.25) is 0 Å². The molecule has 1 rings (SSSR count). The molecule has 0 aromatic carbocycles. The molecule has 1 aliphatic rings. The Kier molecular flexibility index (Phi) is 2.59. The van der Waals surface area contributed by atoms with Crippen molar-refractivity contribution in [2.45, 2.75) is 6.42 Å². The number of aliphatic carboxylic acids is 1. The molecule has 0 atom stereocenters. The van der Waals surface area contributed by atoms with Gasteiger partial charge in [0, 0.05) is 6.08 Å². The van der Waals surface area contributed by atoms with Gasteiger partial charge in [0.25, 0.3) is 5.70 Å². The molecule has 13 heavy (non-hydrogen) atoms. The summed E-state index contributed by atoms with van der Waals surface area (Å²) < 4.78 is 0. The van der Waals surface area contributed by atoms with Gasteiger partial charge in [0.05, 0.1) is 10.5 Å². The molecule has 0 unspecified atom stereocenters. The lowest BCUT2D eigenvalue weighted by Crippen LogP contribution is -2.01. The monoisotopic (exact) mass is 181 g/mol. The average molecular weight is 181 g/mol. The summed E-state index contributed by atoms with van der Waals surface area (Å²) in [5.41, 5.74) is -0.247. The van der Waals surface area contributed by atoms with Crippen molar-refractivity contribution >= 4 is 5.97 Å². The van der Waals surface area contributed by atoms with Gasteiger partial charge >= 0.3 is 5.97 Å². The molecule has 0 saturated carbocycles. The van der Waals surface area contributed by atoms with E-state index in [1.165, 1.54) is 12.2 Å². The molecule has 0 saturated heterocycles. The van der Waals surface area contributed by atoms with Gasteiger partial charge in [0.1, 0.15) is 0 Å². The molecular formula is C8H7NO4. The quantitative estimate of drug-likeness (QED) is 0.511. The fourth-order valence-electron chi connectivity index (χ4n) is 0.910. The molecule has 0 heterocycles. The number of allylic oxidation sites excluding steroid dienone is 3. The first-order valence-electron chi connectivity index (χ1n) is 3.57. The molecule has 5 heteroatoms. The molecule has 5 nitrogen and oxygen atoms in total. The first kappa shape index (κ1) is 9.18. The summed E-state index contributed by atoms with van der Waals surface area (Å²) in [6.45, 7) is 0. The van der Waals surface area contributed by atoms with Crippen molar-refractivity contribution in [1.29, 1.82) is 0 Å². The lowest BCUT2D eigenvalue weighted by Gasteiger charge is -1.91. The summed E-state index contributed by atoms with van der Waals surface area (Å²) in [6.07, 6.45) is 5.72. The third kappa shape index (κ3) is 2.26. The van der Waals surface area contributed by atoms with Crippen LogP contribution in [0.15, 0.2) is 35.6 Å². The number of hydrogen-bond donors (Lipinski definition) is 1. The van der Waals surface area contributed by atoms with Crippen molar-refractivity contribution < 1.29 is 14.8 Å². The largest absolute Gasteiger partial charge is 0.478 e. The first-order valence-corrected chi connectivity index (χ1v) is 3.57. The highest BCUT2D eigenvalue weighted by Gasteiger charge is 2.13. The van der Waals surface area contributed by atoms with Crippen LogP contribution < -0.4 is 0 Å². The summed E-state index contributed by atoms with van der Waals surface area (Å²) in [7, 11) is 0. The summed E-state index contributed by atoms with van der Waals surface area (Å²) in [5.74, 6) is -1.16. The maximum Gasteiger partial charge on any atom is 0.335 e. The van der Waals surface area contributed by atoms with Gasteiger partial charge in [-0.05, 0) is 12.5 Å². The van der Waals surface area contributed by atoms with Crippen molar-refractivity contribution in [2.75, 3.05) is 0 Å². The lowest BCUT2D eigenvalue weighted by molar-refractivity contribution is -0.419. The van der Waals surface area contributed by atoms with E-state index in [9.17, 15) is 14.9 Å². The van der Waals surface area contributed by atoms with Crippen LogP contribution in [-0.2, 0) is 4.79 Å². The van der Waals surface area contributed by atoms with Crippen LogP contribution in [0.5, 0.6) is 0 Å². The Morgan fingerprint density at radius 3 is 2.85 bits per heavy atom. The number of nitrogens with zero attached hydrogens (tertiary/aromatic N) is 1. The fraction of sp³-hybridized carbons (Fsp3) is 0.125. The Morgan fingerprint density at radius 2 is 2.31 bits per heavy atom. The molecule has 0 spiro atoms. The van der Waals surface area contributed by atoms with E-state index in [1.54, 1.807) is 6.08 Å². The number of carboxylic acid groups (broad SMARTS) is 1. The third-order valence-corrected chi connectivity index (χ3v) is 1.52. The van der Waals surface area contributed by atoms with Crippen molar-refractivity contribution in [3.05, 3.63) is 45.7 Å². The van der Waals surface area contributed by atoms with E-state index in [-0.39, 0.29) is 11.3 Å². The predicted molar refractivity (Wildman–Crippen MR) is 44.6 cm³/mol. The smallest absolute Gasteiger partial charge is 0.335 e. The second kappa shape index (κ2) is 3.66. The van der Waals surface area contributed by atoms with Crippen LogP contribution in [0.4, 0.5) is 0 Å². The van der Waals surface area contributed by atoms with Gasteiger partial charge in [-0.25, -0.2) is 4.79 Å². The highest BCUT2D eigenvalue weighted by Crippen LogP contribution is 2.11. The van der Waals surface area contributed by atoms with Crippen LogP contribution in [-0.4, -0.2) is 16.0 Å². The number of hydrogen-bond acceptors (Lipinski definition) is 3. The molecule has 0 fully saturated rings. The summed E-state index contributed by atoms with van der Waals surface area (Å²) in [6, 6.07) is 0. The van der Waals surface area contributed by atoms with Crippen molar-refractivity contribution in [1.82, 2.24) is 0 Å². The van der Waals surface area contributed by atoms with E-state index in [4.69, 9.17) is 5.11 Å². The van der Waals surface area contributed by atoms with E-state index in [0.717, 1.165) is 6.08 Å². The molecule has 0 aromatic rings. The Balaban J connectivity index is 3.03. The summed E-state index contributed by atoms with van der Waals surface area (Å²) in [5, 5.41) is 18.9. The zero-order chi connectivity index (χ0) is 9.84. The van der Waals surface area contributed by atoms with Crippen LogP contribution in [0.1, 0.15) is 6.42 Å². The minimum Gasteiger partial charge on any atom is -0.478 e. The topological polar surface area (TPSA) is 80.4 Å². The highest BCUT2D eigenvalue weighted by molar-refractivity contribution is 5.90. The van der Waals surface area contributed by atoms with Gasteiger partial charge in [-0.15, -0.1) is 0 Å². The molecule has 0 aromatic heterocycles. The minimum atomic E-state index is -1.16. The van der Waals surface area contributed by atoms with E-state index < -0.39 is 10.9 Å². The Bertz CT molecular complexity index is 338. The molecule has 0 amide bonds. The van der Waals surface area contributed by atoms with E-state index >= 15 is 0 Å². The predicted octanol–water partition coefficient (Wildman–Crippen LogP) is 1.12. The van der Waals surface area contributed by atoms with Gasteiger partial charge in [0.15, 0.2) is 0 Å². The maximum atomic E-state index is 10.5. The van der Waals surface area contributed by atoms with Gasteiger partial charge in [-0.2, -0.15) is 0 Å². The van der Waals surface area contributed by atoms with E-state index in [0.29, 0.717) is 6.42 Å². The van der Waals surface area contributed by atoms with E-state index in [2.05, 4.69) is 0 Å². The standard InChI is InChI=1S/C8H7NO4/c10-8(11)6-3-1-2-4-7(5-6)9(12)13/h1,3-5H,2H2,(H,10,11). The zero-order valence-electron chi connectivity index (χ0n) is 6.64. The van der Waals surface area contributed by atoms with Gasteiger partial charge in [-0.1, -0.05) is 12.2 Å². The van der Waals surface area contributed by atoms with Crippen LogP contribution in [0.25, 0.3) is 0 Å². The van der Waals surface area contributed by atoms with Gasteiger partial charge in [-0.3, -0.25) is 10.1 Å². The van der Waals surface area contributed by atoms with Crippen molar-refractivity contribution in [3.8, 4) is 0 Å². The van der Waals surface area contributed by atoms with E-state index in [1.807, 2.05) is 0 Å². The number of rotatable bonds is 2. The maximum absolute atomic E-state index is 10.5. The van der Waals surface area contributed by atoms with Crippen LogP contribution in [0.3, 0.4) is 0 Å². The fourth-order valence-corrected chi connectivity index (χ4v) is 0.910. The molecule has 0 bridgehead atoms. The Morgan fingerprint density at radius 1 is 1.62 bits per heavy atom. The second-order valence-electron chi connectivity index (χ2n) is 2.43. The Labute approximate surface area is 73.8 Å². The SMILES string of the molecule is O=C(O)C1=CC([N+](=O)[O-])=CCC=C1. The van der Waals surface area contributed by atoms with Crippen LogP contribution in [0, 0.1) is 10.1 Å². The first-order chi connectivity index (χ1) is 6.11. The second-order valence-corrected chi connectivity index (χ2v) is 2.43. The molecule has 1 N–H and O–H groups in total. The summed E-state index contributed by atoms with van der Waals surface area (Å²) in [4.78, 5) is 20.3. The molecule has 1 aliphatic carbocycles. The highest BCUT2D eigenvalue weighted by atomic mass is 16.6. The Hall–Kier alpha value is -1.91. The molecule has 0 radical (unpaired) electrons. The third-order valence-electron chi connectivity index (χ3n) is 1.52. The number of nitro groups is 1. The van der Waals surface area contributed by atoms with Crippen LogP contribution >= 0.6 is 0 Å². The molecule has 68 valence electrons. The normalized spacial score (nSPS) is 15.7. The molecule has 0 aliphatic heterocycles. The zero-order valence-corrected chi connectivity index (χ0v) is 6.64.